The van der Waals surface area contributed by atoms with Crippen LogP contribution in [0.4, 0.5) is 11.8 Å². The Bertz CT molecular complexity index is 1890. The number of carbonyl (C=O) groups excluding carboxylic acids is 1. The molecule has 1 fully saturated rings. The van der Waals surface area contributed by atoms with Crippen LogP contribution in [0.25, 0.3) is 11.3 Å². The largest absolute Gasteiger partial charge is 0.475 e. The molecule has 2 aliphatic heterocycles. The van der Waals surface area contributed by atoms with E-state index < -0.39 is 10.0 Å². The Kier molecular flexibility index (Phi) is 10.2. The van der Waals surface area contributed by atoms with Gasteiger partial charge in [0.2, 0.25) is 11.8 Å². The fourth-order valence-corrected chi connectivity index (χ4v) is 7.61. The SMILES string of the molecule is COC1CCN(c2ccc(CN3C(=O)c4cccc(c4)S(=O)(=O)Nc4nc(cc(-c5c(C)cccc5C)n4)OC[C@H]3CC(C)C)cn2)CC1. The summed E-state index contributed by atoms with van der Waals surface area (Å²) in [5.74, 6) is 0.919. The lowest BCUT2D eigenvalue weighted by molar-refractivity contribution is 0.0553. The van der Waals surface area contributed by atoms with E-state index in [1.54, 1.807) is 30.2 Å². The van der Waals surface area contributed by atoms with E-state index in [9.17, 15) is 13.2 Å². The lowest BCUT2D eigenvalue weighted by atomic mass is 10.00. The molecule has 1 N–H and O–H groups in total. The predicted octanol–water partition coefficient (Wildman–Crippen LogP) is 6.02. The van der Waals surface area contributed by atoms with Crippen molar-refractivity contribution in [3.05, 3.63) is 89.1 Å². The molecular weight excluding hydrogens is 641 g/mol. The summed E-state index contributed by atoms with van der Waals surface area (Å²) in [7, 11) is -2.40. The van der Waals surface area contributed by atoms with Gasteiger partial charge in [-0.1, -0.05) is 44.2 Å². The minimum absolute atomic E-state index is 0.0650. The van der Waals surface area contributed by atoms with Gasteiger partial charge in [-0.05, 0) is 80.0 Å². The number of methoxy groups -OCH3 is 1. The summed E-state index contributed by atoms with van der Waals surface area (Å²) in [5.41, 5.74) is 4.48. The Hall–Kier alpha value is -4.55. The number of anilines is 2. The van der Waals surface area contributed by atoms with Crippen molar-refractivity contribution in [2.45, 2.75) is 70.5 Å². The zero-order chi connectivity index (χ0) is 34.7. The molecule has 1 amide bonds. The molecule has 0 unspecified atom stereocenters. The number of carbonyl (C=O) groups is 1. The Labute approximate surface area is 288 Å². The Morgan fingerprint density at radius 1 is 1.00 bits per heavy atom. The van der Waals surface area contributed by atoms with Gasteiger partial charge in [0.1, 0.15) is 12.4 Å². The van der Waals surface area contributed by atoms with Gasteiger partial charge in [0, 0.05) is 50.1 Å². The van der Waals surface area contributed by atoms with E-state index in [2.05, 4.69) is 33.4 Å². The van der Waals surface area contributed by atoms with Gasteiger partial charge >= 0.3 is 0 Å². The van der Waals surface area contributed by atoms with Crippen LogP contribution in [0.3, 0.4) is 0 Å². The molecule has 4 bridgehead atoms. The molecule has 49 heavy (non-hydrogen) atoms. The van der Waals surface area contributed by atoms with Gasteiger partial charge in [0.25, 0.3) is 15.9 Å². The molecule has 4 heterocycles. The zero-order valence-electron chi connectivity index (χ0n) is 28.7. The van der Waals surface area contributed by atoms with Crippen LogP contribution in [0.1, 0.15) is 60.2 Å². The van der Waals surface area contributed by atoms with Crippen molar-refractivity contribution in [1.82, 2.24) is 19.9 Å². The summed E-state index contributed by atoms with van der Waals surface area (Å²) in [4.78, 5) is 32.2. The molecule has 6 rings (SSSR count). The number of ether oxygens (including phenoxy) is 2. The van der Waals surface area contributed by atoms with Gasteiger partial charge < -0.3 is 19.3 Å². The number of piperidine rings is 1. The molecule has 11 nitrogen and oxygen atoms in total. The van der Waals surface area contributed by atoms with Crippen molar-refractivity contribution in [1.29, 1.82) is 0 Å². The highest BCUT2D eigenvalue weighted by molar-refractivity contribution is 7.92. The monoisotopic (exact) mass is 684 g/mol. The smallest absolute Gasteiger partial charge is 0.264 e. The molecule has 2 aromatic heterocycles. The topological polar surface area (TPSA) is 127 Å². The van der Waals surface area contributed by atoms with Crippen molar-refractivity contribution in [3.63, 3.8) is 0 Å². The molecule has 2 aliphatic rings. The van der Waals surface area contributed by atoms with Crippen LogP contribution in [-0.4, -0.2) is 73.1 Å². The molecular formula is C37H44N6O5S. The summed E-state index contributed by atoms with van der Waals surface area (Å²) in [6.07, 6.45) is 4.63. The molecule has 12 heteroatoms. The number of fused-ring (bicyclic) bond motifs is 4. The van der Waals surface area contributed by atoms with Gasteiger partial charge in [-0.15, -0.1) is 0 Å². The molecule has 0 radical (unpaired) electrons. The van der Waals surface area contributed by atoms with E-state index in [0.717, 1.165) is 54.0 Å². The maximum Gasteiger partial charge on any atom is 0.264 e. The quantitative estimate of drug-likeness (QED) is 0.249. The molecule has 0 saturated carbocycles. The van der Waals surface area contributed by atoms with Crippen molar-refractivity contribution < 1.29 is 22.7 Å². The molecule has 1 saturated heterocycles. The standard InChI is InChI=1S/C37H44N6O5S/c1-24(2)18-29-23-48-34-20-32(35-25(3)8-6-9-26(35)4)39-37(40-34)41-49(45,46)31-11-7-10-28(19-31)36(44)43(29)22-27-12-13-33(38-21-27)42-16-14-30(47-5)15-17-42/h6-13,19-21,24,29-30H,14-18,22-23H2,1-5H3,(H,39,40,41)/t29-/m1/s1. The van der Waals surface area contributed by atoms with E-state index in [0.29, 0.717) is 12.1 Å². The van der Waals surface area contributed by atoms with E-state index in [1.807, 2.05) is 50.4 Å². The lowest BCUT2D eigenvalue weighted by Crippen LogP contribution is -2.44. The van der Waals surface area contributed by atoms with Gasteiger partial charge in [0.15, 0.2) is 0 Å². The maximum absolute atomic E-state index is 14.4. The third-order valence-electron chi connectivity index (χ3n) is 9.19. The normalized spacial score (nSPS) is 18.2. The number of benzene rings is 2. The highest BCUT2D eigenvalue weighted by Crippen LogP contribution is 2.31. The van der Waals surface area contributed by atoms with E-state index in [4.69, 9.17) is 14.5 Å². The fraction of sp³-hybridized carbons (Fsp3) is 0.405. The van der Waals surface area contributed by atoms with Gasteiger partial charge in [-0.2, -0.15) is 4.98 Å². The van der Waals surface area contributed by atoms with Crippen LogP contribution in [-0.2, 0) is 21.3 Å². The molecule has 1 atom stereocenters. The first kappa shape index (κ1) is 34.3. The van der Waals surface area contributed by atoms with Gasteiger partial charge in [-0.3, -0.25) is 4.79 Å². The minimum Gasteiger partial charge on any atom is -0.475 e. The summed E-state index contributed by atoms with van der Waals surface area (Å²) in [6.45, 7) is 10.3. The molecule has 258 valence electrons. The van der Waals surface area contributed by atoms with E-state index >= 15 is 0 Å². The van der Waals surface area contributed by atoms with Crippen LogP contribution in [0, 0.1) is 19.8 Å². The first-order chi connectivity index (χ1) is 23.5. The number of hydrogen-bond acceptors (Lipinski definition) is 9. The average molecular weight is 685 g/mol. The first-order valence-corrected chi connectivity index (χ1v) is 18.2. The first-order valence-electron chi connectivity index (χ1n) is 16.8. The highest BCUT2D eigenvalue weighted by atomic mass is 32.2. The molecule has 4 aromatic rings. The molecule has 2 aromatic carbocycles. The fourth-order valence-electron chi connectivity index (χ4n) is 6.62. The Morgan fingerprint density at radius 2 is 1.73 bits per heavy atom. The number of aryl methyl sites for hydroxylation is 2. The highest BCUT2D eigenvalue weighted by Gasteiger charge is 2.30. The Morgan fingerprint density at radius 3 is 2.41 bits per heavy atom. The maximum atomic E-state index is 14.4. The van der Waals surface area contributed by atoms with Gasteiger partial charge in [0.05, 0.1) is 22.7 Å². The van der Waals surface area contributed by atoms with Crippen molar-refractivity contribution in [2.24, 2.45) is 5.92 Å². The van der Waals surface area contributed by atoms with Crippen LogP contribution < -0.4 is 14.4 Å². The predicted molar refractivity (Wildman–Crippen MR) is 189 cm³/mol. The van der Waals surface area contributed by atoms with Crippen LogP contribution in [0.2, 0.25) is 0 Å². The van der Waals surface area contributed by atoms with E-state index in [-0.39, 0.29) is 59.4 Å². The summed E-state index contributed by atoms with van der Waals surface area (Å²) < 4.78 is 41.7. The van der Waals surface area contributed by atoms with Crippen molar-refractivity contribution in [3.8, 4) is 17.1 Å². The lowest BCUT2D eigenvalue weighted by Gasteiger charge is -2.34. The zero-order valence-corrected chi connectivity index (χ0v) is 29.5. The molecule has 0 aliphatic carbocycles. The number of sulfonamides is 1. The van der Waals surface area contributed by atoms with Crippen molar-refractivity contribution >= 4 is 27.7 Å². The third-order valence-corrected chi connectivity index (χ3v) is 10.5. The number of nitrogens with one attached hydrogen (secondary N) is 1. The average Bonchev–Trinajstić information content (AvgIpc) is 3.08. The second kappa shape index (κ2) is 14.5. The summed E-state index contributed by atoms with van der Waals surface area (Å²) >= 11 is 0. The van der Waals surface area contributed by atoms with Gasteiger partial charge in [-0.25, -0.2) is 23.1 Å². The number of amides is 1. The van der Waals surface area contributed by atoms with E-state index in [1.165, 1.54) is 12.1 Å². The van der Waals surface area contributed by atoms with Crippen LogP contribution >= 0.6 is 0 Å². The summed E-state index contributed by atoms with van der Waals surface area (Å²) in [6, 6.07) is 17.4. The van der Waals surface area contributed by atoms with Crippen molar-refractivity contribution in [2.75, 3.05) is 36.4 Å². The Balaban J connectivity index is 1.38. The third kappa shape index (κ3) is 7.86. The minimum atomic E-state index is -4.15. The molecule has 0 spiro atoms. The second-order valence-electron chi connectivity index (χ2n) is 13.3. The second-order valence-corrected chi connectivity index (χ2v) is 15.0. The number of pyridine rings is 1. The van der Waals surface area contributed by atoms with Crippen LogP contribution in [0.15, 0.2) is 71.8 Å². The number of aromatic nitrogens is 3. The van der Waals surface area contributed by atoms with Crippen LogP contribution in [0.5, 0.6) is 5.88 Å². The number of nitrogens with zero attached hydrogens (tertiary/aromatic N) is 5. The number of hydrogen-bond donors (Lipinski definition) is 1. The summed E-state index contributed by atoms with van der Waals surface area (Å²) in [5, 5.41) is 0. The number of rotatable bonds is 7.